The molecule has 0 bridgehead atoms. The number of benzene rings is 3. The lowest BCUT2D eigenvalue weighted by atomic mass is 10.1. The van der Waals surface area contributed by atoms with Gasteiger partial charge in [-0.25, -0.2) is 0 Å². The van der Waals surface area contributed by atoms with Crippen molar-refractivity contribution in [3.8, 4) is 0 Å². The first-order valence-electron chi connectivity index (χ1n) is 8.71. The molecule has 3 aromatic rings. The summed E-state index contributed by atoms with van der Waals surface area (Å²) in [6.45, 7) is 4.43. The second kappa shape index (κ2) is 6.48. The Kier molecular flexibility index (Phi) is 4.02. The molecular formula is C23H22N2. The summed E-state index contributed by atoms with van der Waals surface area (Å²) in [5.41, 5.74) is 6.20. The van der Waals surface area contributed by atoms with Gasteiger partial charge in [0.05, 0.1) is 5.70 Å². The van der Waals surface area contributed by atoms with E-state index < -0.39 is 0 Å². The minimum atomic E-state index is 0.207. The molecule has 1 aliphatic rings. The highest BCUT2D eigenvalue weighted by Gasteiger charge is 2.31. The first kappa shape index (κ1) is 15.5. The van der Waals surface area contributed by atoms with Crippen LogP contribution in [-0.2, 0) is 0 Å². The summed E-state index contributed by atoms with van der Waals surface area (Å²) in [6, 6.07) is 29.8. The van der Waals surface area contributed by atoms with Gasteiger partial charge in [-0.2, -0.15) is 0 Å². The summed E-state index contributed by atoms with van der Waals surface area (Å²) < 4.78 is 0. The highest BCUT2D eigenvalue weighted by atomic mass is 15.4. The van der Waals surface area contributed by atoms with E-state index in [1.54, 1.807) is 0 Å². The largest absolute Gasteiger partial charge is 0.325 e. The van der Waals surface area contributed by atoms with Crippen molar-refractivity contribution in [2.75, 3.05) is 9.80 Å². The Morgan fingerprint density at radius 2 is 1.32 bits per heavy atom. The zero-order valence-corrected chi connectivity index (χ0v) is 14.6. The van der Waals surface area contributed by atoms with Gasteiger partial charge in [-0.15, -0.1) is 0 Å². The molecular weight excluding hydrogens is 304 g/mol. The molecule has 2 nitrogen and oxygen atoms in total. The van der Waals surface area contributed by atoms with Crippen LogP contribution in [0.5, 0.6) is 0 Å². The van der Waals surface area contributed by atoms with Crippen molar-refractivity contribution >= 4 is 17.1 Å². The van der Waals surface area contributed by atoms with E-state index in [1.165, 1.54) is 28.2 Å². The summed E-state index contributed by atoms with van der Waals surface area (Å²) in [5.74, 6) is 0. The molecule has 1 unspecified atom stereocenters. The van der Waals surface area contributed by atoms with Gasteiger partial charge in [0.1, 0.15) is 6.17 Å². The van der Waals surface area contributed by atoms with E-state index in [4.69, 9.17) is 0 Å². The monoisotopic (exact) mass is 326 g/mol. The van der Waals surface area contributed by atoms with Crippen molar-refractivity contribution in [2.24, 2.45) is 0 Å². The maximum atomic E-state index is 2.40. The second-order valence-electron chi connectivity index (χ2n) is 6.41. The summed E-state index contributed by atoms with van der Waals surface area (Å²) >= 11 is 0. The molecule has 0 aromatic heterocycles. The van der Waals surface area contributed by atoms with Gasteiger partial charge in [0.2, 0.25) is 0 Å². The molecule has 4 rings (SSSR count). The van der Waals surface area contributed by atoms with E-state index in [-0.39, 0.29) is 6.17 Å². The molecule has 0 spiro atoms. The quantitative estimate of drug-likeness (QED) is 0.612. The fourth-order valence-corrected chi connectivity index (χ4v) is 3.52. The lowest BCUT2D eigenvalue weighted by molar-refractivity contribution is 0.753. The molecule has 0 N–H and O–H groups in total. The van der Waals surface area contributed by atoms with E-state index >= 15 is 0 Å². The van der Waals surface area contributed by atoms with Crippen molar-refractivity contribution in [2.45, 2.75) is 20.0 Å². The smallest absolute Gasteiger partial charge is 0.108 e. The SMILES string of the molecule is Cc1ccccc1N1C=C(c2ccccc2)N(c2ccccc2)C1C. The van der Waals surface area contributed by atoms with Gasteiger partial charge in [-0.3, -0.25) is 0 Å². The topological polar surface area (TPSA) is 6.48 Å². The number of hydrogen-bond donors (Lipinski definition) is 0. The van der Waals surface area contributed by atoms with Gasteiger partial charge in [0, 0.05) is 17.6 Å². The van der Waals surface area contributed by atoms with E-state index in [2.05, 4.69) is 115 Å². The average Bonchev–Trinajstić information content (AvgIpc) is 3.01. The van der Waals surface area contributed by atoms with Gasteiger partial charge in [-0.05, 0) is 43.2 Å². The summed E-state index contributed by atoms with van der Waals surface area (Å²) in [5, 5.41) is 0. The van der Waals surface area contributed by atoms with Gasteiger partial charge < -0.3 is 9.80 Å². The van der Waals surface area contributed by atoms with Crippen LogP contribution in [0.2, 0.25) is 0 Å². The second-order valence-corrected chi connectivity index (χ2v) is 6.41. The van der Waals surface area contributed by atoms with Gasteiger partial charge >= 0.3 is 0 Å². The van der Waals surface area contributed by atoms with Crippen LogP contribution in [0.25, 0.3) is 5.70 Å². The van der Waals surface area contributed by atoms with Crippen LogP contribution in [0.15, 0.2) is 91.1 Å². The Hall–Kier alpha value is -3.00. The Balaban J connectivity index is 1.84. The summed E-state index contributed by atoms with van der Waals surface area (Å²) in [6.07, 6.45) is 2.48. The number of hydrogen-bond acceptors (Lipinski definition) is 2. The molecule has 1 atom stereocenters. The van der Waals surface area contributed by atoms with E-state index in [9.17, 15) is 0 Å². The molecule has 124 valence electrons. The third kappa shape index (κ3) is 2.80. The Morgan fingerprint density at radius 3 is 2.00 bits per heavy atom. The van der Waals surface area contributed by atoms with Crippen LogP contribution in [0.4, 0.5) is 11.4 Å². The Morgan fingerprint density at radius 1 is 0.720 bits per heavy atom. The minimum absolute atomic E-state index is 0.207. The summed E-state index contributed by atoms with van der Waals surface area (Å²) in [4.78, 5) is 4.77. The Labute approximate surface area is 149 Å². The third-order valence-electron chi connectivity index (χ3n) is 4.79. The fourth-order valence-electron chi connectivity index (χ4n) is 3.52. The maximum Gasteiger partial charge on any atom is 0.108 e. The minimum Gasteiger partial charge on any atom is -0.325 e. The Bertz CT molecular complexity index is 884. The van der Waals surface area contributed by atoms with Crippen LogP contribution < -0.4 is 9.80 Å². The first-order chi connectivity index (χ1) is 12.3. The van der Waals surface area contributed by atoms with Crippen LogP contribution in [0.3, 0.4) is 0 Å². The van der Waals surface area contributed by atoms with Crippen LogP contribution >= 0.6 is 0 Å². The van der Waals surface area contributed by atoms with Crippen molar-refractivity contribution in [3.05, 3.63) is 102 Å². The highest BCUT2D eigenvalue weighted by Crippen LogP contribution is 2.38. The van der Waals surface area contributed by atoms with Gasteiger partial charge in [0.25, 0.3) is 0 Å². The first-order valence-corrected chi connectivity index (χ1v) is 8.71. The van der Waals surface area contributed by atoms with Crippen molar-refractivity contribution < 1.29 is 0 Å². The number of anilines is 2. The van der Waals surface area contributed by atoms with Crippen LogP contribution in [0.1, 0.15) is 18.1 Å². The van der Waals surface area contributed by atoms with Crippen LogP contribution in [-0.4, -0.2) is 6.17 Å². The molecule has 0 amide bonds. The number of rotatable bonds is 3. The molecule has 25 heavy (non-hydrogen) atoms. The molecule has 0 fully saturated rings. The maximum absolute atomic E-state index is 2.40. The van der Waals surface area contributed by atoms with E-state index in [1.807, 2.05) is 0 Å². The number of nitrogens with zero attached hydrogens (tertiary/aromatic N) is 2. The number of para-hydroxylation sites is 2. The number of aryl methyl sites for hydroxylation is 1. The van der Waals surface area contributed by atoms with Crippen molar-refractivity contribution in [1.29, 1.82) is 0 Å². The lowest BCUT2D eigenvalue weighted by Gasteiger charge is -2.32. The van der Waals surface area contributed by atoms with Crippen molar-refractivity contribution in [1.82, 2.24) is 0 Å². The highest BCUT2D eigenvalue weighted by molar-refractivity contribution is 5.86. The normalized spacial score (nSPS) is 16.9. The molecule has 0 aliphatic carbocycles. The molecule has 0 radical (unpaired) electrons. The van der Waals surface area contributed by atoms with E-state index in [0.29, 0.717) is 0 Å². The zero-order valence-electron chi connectivity index (χ0n) is 14.6. The average molecular weight is 326 g/mol. The lowest BCUT2D eigenvalue weighted by Crippen LogP contribution is -2.37. The zero-order chi connectivity index (χ0) is 17.2. The third-order valence-corrected chi connectivity index (χ3v) is 4.79. The molecule has 0 saturated heterocycles. The molecule has 3 aromatic carbocycles. The predicted molar refractivity (Wildman–Crippen MR) is 106 cm³/mol. The fraction of sp³-hybridized carbons (Fsp3) is 0.130. The van der Waals surface area contributed by atoms with Gasteiger partial charge in [0.15, 0.2) is 0 Å². The molecule has 2 heteroatoms. The van der Waals surface area contributed by atoms with E-state index in [0.717, 1.165) is 0 Å². The molecule has 1 aliphatic heterocycles. The standard InChI is InChI=1S/C23H22N2/c1-18-11-9-10-16-22(18)24-17-23(20-12-5-3-6-13-20)25(19(24)2)21-14-7-4-8-15-21/h3-17,19H,1-2H3. The van der Waals surface area contributed by atoms with Crippen LogP contribution in [0, 0.1) is 6.92 Å². The molecule has 0 saturated carbocycles. The predicted octanol–water partition coefficient (Wildman–Crippen LogP) is 5.67. The van der Waals surface area contributed by atoms with Gasteiger partial charge in [-0.1, -0.05) is 66.7 Å². The summed E-state index contributed by atoms with van der Waals surface area (Å²) in [7, 11) is 0. The van der Waals surface area contributed by atoms with Crippen molar-refractivity contribution in [3.63, 3.8) is 0 Å². The molecule has 1 heterocycles.